The normalized spacial score (nSPS) is 11.5. The average Bonchev–Trinajstić information content (AvgIpc) is 2.46. The summed E-state index contributed by atoms with van der Waals surface area (Å²) < 4.78 is 38.6. The Morgan fingerprint density at radius 3 is 2.68 bits per heavy atom. The molecule has 1 aromatic heterocycles. The van der Waals surface area contributed by atoms with E-state index in [1.54, 1.807) is 18.2 Å². The zero-order valence-corrected chi connectivity index (χ0v) is 11.9. The van der Waals surface area contributed by atoms with E-state index in [0.717, 1.165) is 5.56 Å². The molecule has 0 bridgehead atoms. The van der Waals surface area contributed by atoms with Gasteiger partial charge in [-0.05, 0) is 25.5 Å². The van der Waals surface area contributed by atoms with Crippen LogP contribution in [0.25, 0.3) is 10.9 Å². The van der Waals surface area contributed by atoms with Gasteiger partial charge < -0.3 is 10.6 Å². The third-order valence-corrected chi connectivity index (χ3v) is 2.98. The number of halogens is 3. The molecule has 1 heterocycles. The SMILES string of the molecule is Cc1ccc2nc(C(F)(F)F)nc(NCCCNC=O)c2c1. The van der Waals surface area contributed by atoms with Gasteiger partial charge >= 0.3 is 6.18 Å². The highest BCUT2D eigenvalue weighted by atomic mass is 19.4. The molecule has 0 saturated heterocycles. The van der Waals surface area contributed by atoms with Crippen LogP contribution >= 0.6 is 0 Å². The molecule has 0 radical (unpaired) electrons. The van der Waals surface area contributed by atoms with Gasteiger partial charge in [0.25, 0.3) is 0 Å². The number of rotatable bonds is 6. The van der Waals surface area contributed by atoms with E-state index in [-0.39, 0.29) is 11.3 Å². The summed E-state index contributed by atoms with van der Waals surface area (Å²) in [5.41, 5.74) is 1.14. The fraction of sp³-hybridized carbons (Fsp3) is 0.357. The molecular formula is C14H15F3N4O. The van der Waals surface area contributed by atoms with Crippen molar-refractivity contribution < 1.29 is 18.0 Å². The number of aromatic nitrogens is 2. The molecule has 1 aromatic carbocycles. The lowest BCUT2D eigenvalue weighted by Crippen LogP contribution is -2.17. The Morgan fingerprint density at radius 1 is 1.23 bits per heavy atom. The number of nitrogens with zero attached hydrogens (tertiary/aromatic N) is 2. The highest BCUT2D eigenvalue weighted by Crippen LogP contribution is 2.30. The van der Waals surface area contributed by atoms with Crippen LogP contribution in [-0.2, 0) is 11.0 Å². The number of nitrogens with one attached hydrogen (secondary N) is 2. The second-order valence-corrected chi connectivity index (χ2v) is 4.77. The van der Waals surface area contributed by atoms with Crippen LogP contribution in [-0.4, -0.2) is 29.5 Å². The first kappa shape index (κ1) is 16.0. The van der Waals surface area contributed by atoms with E-state index in [1.807, 2.05) is 6.92 Å². The molecule has 0 fully saturated rings. The van der Waals surface area contributed by atoms with Crippen molar-refractivity contribution in [3.05, 3.63) is 29.6 Å². The van der Waals surface area contributed by atoms with Crippen molar-refractivity contribution >= 4 is 23.1 Å². The number of anilines is 1. The summed E-state index contributed by atoms with van der Waals surface area (Å²) in [6.07, 6.45) is -3.46. The van der Waals surface area contributed by atoms with Crippen molar-refractivity contribution in [3.63, 3.8) is 0 Å². The number of fused-ring (bicyclic) bond motifs is 1. The van der Waals surface area contributed by atoms with Crippen molar-refractivity contribution in [1.82, 2.24) is 15.3 Å². The van der Waals surface area contributed by atoms with Gasteiger partial charge in [0, 0.05) is 18.5 Å². The molecule has 8 heteroatoms. The van der Waals surface area contributed by atoms with Gasteiger partial charge in [0.1, 0.15) is 5.82 Å². The van der Waals surface area contributed by atoms with Crippen LogP contribution in [0.1, 0.15) is 17.8 Å². The van der Waals surface area contributed by atoms with Crippen LogP contribution < -0.4 is 10.6 Å². The molecule has 0 atom stereocenters. The fourth-order valence-corrected chi connectivity index (χ4v) is 1.96. The van der Waals surface area contributed by atoms with Crippen LogP contribution in [0.5, 0.6) is 0 Å². The van der Waals surface area contributed by atoms with E-state index in [4.69, 9.17) is 0 Å². The average molecular weight is 312 g/mol. The zero-order valence-electron chi connectivity index (χ0n) is 11.9. The van der Waals surface area contributed by atoms with Crippen molar-refractivity contribution in [2.24, 2.45) is 0 Å². The van der Waals surface area contributed by atoms with Crippen molar-refractivity contribution in [2.45, 2.75) is 19.5 Å². The van der Waals surface area contributed by atoms with Crippen molar-refractivity contribution in [3.8, 4) is 0 Å². The number of benzene rings is 1. The summed E-state index contributed by atoms with van der Waals surface area (Å²) in [5.74, 6) is -1.02. The second kappa shape index (κ2) is 6.59. The number of alkyl halides is 3. The predicted octanol–water partition coefficient (Wildman–Crippen LogP) is 2.51. The summed E-state index contributed by atoms with van der Waals surface area (Å²) in [5, 5.41) is 5.90. The second-order valence-electron chi connectivity index (χ2n) is 4.77. The van der Waals surface area contributed by atoms with Crippen molar-refractivity contribution in [1.29, 1.82) is 0 Å². The Kier molecular flexibility index (Phi) is 4.79. The Hall–Kier alpha value is -2.38. The summed E-state index contributed by atoms with van der Waals surface area (Å²) in [7, 11) is 0. The monoisotopic (exact) mass is 312 g/mol. The quantitative estimate of drug-likeness (QED) is 0.635. The van der Waals surface area contributed by atoms with Crippen LogP contribution in [0, 0.1) is 6.92 Å². The zero-order chi connectivity index (χ0) is 16.2. The maximum absolute atomic E-state index is 12.9. The van der Waals surface area contributed by atoms with Crippen molar-refractivity contribution in [2.75, 3.05) is 18.4 Å². The molecule has 0 saturated carbocycles. The van der Waals surface area contributed by atoms with Gasteiger partial charge in [-0.2, -0.15) is 13.2 Å². The lowest BCUT2D eigenvalue weighted by atomic mass is 10.1. The highest BCUT2D eigenvalue weighted by Gasteiger charge is 2.35. The molecule has 1 amide bonds. The Balaban J connectivity index is 2.31. The van der Waals surface area contributed by atoms with Gasteiger partial charge in [-0.3, -0.25) is 4.79 Å². The van der Waals surface area contributed by atoms with Gasteiger partial charge in [-0.15, -0.1) is 0 Å². The molecular weight excluding hydrogens is 297 g/mol. The Morgan fingerprint density at radius 2 is 2.00 bits per heavy atom. The molecule has 0 aliphatic heterocycles. The minimum atomic E-state index is -4.60. The number of amides is 1. The van der Waals surface area contributed by atoms with Gasteiger partial charge in [-0.25, -0.2) is 9.97 Å². The number of hydrogen-bond donors (Lipinski definition) is 2. The summed E-state index contributed by atoms with van der Waals surface area (Å²) in [6, 6.07) is 4.98. The molecule has 0 spiro atoms. The minimum Gasteiger partial charge on any atom is -0.369 e. The summed E-state index contributed by atoms with van der Waals surface area (Å²) in [4.78, 5) is 17.3. The fourth-order valence-electron chi connectivity index (χ4n) is 1.96. The van der Waals surface area contributed by atoms with Gasteiger partial charge in [0.05, 0.1) is 5.52 Å². The molecule has 118 valence electrons. The van der Waals surface area contributed by atoms with E-state index in [0.29, 0.717) is 31.3 Å². The molecule has 2 rings (SSSR count). The minimum absolute atomic E-state index is 0.145. The molecule has 22 heavy (non-hydrogen) atoms. The first-order valence-corrected chi connectivity index (χ1v) is 6.68. The molecule has 0 unspecified atom stereocenters. The van der Waals surface area contributed by atoms with E-state index >= 15 is 0 Å². The summed E-state index contributed by atoms with van der Waals surface area (Å²) >= 11 is 0. The van der Waals surface area contributed by atoms with E-state index in [9.17, 15) is 18.0 Å². The Labute approximate surface area is 124 Å². The molecule has 0 aliphatic carbocycles. The third-order valence-electron chi connectivity index (χ3n) is 2.98. The maximum atomic E-state index is 12.9. The predicted molar refractivity (Wildman–Crippen MR) is 76.5 cm³/mol. The lowest BCUT2D eigenvalue weighted by Gasteiger charge is -2.12. The van der Waals surface area contributed by atoms with E-state index in [1.165, 1.54) is 0 Å². The highest BCUT2D eigenvalue weighted by molar-refractivity contribution is 5.89. The topological polar surface area (TPSA) is 66.9 Å². The lowest BCUT2D eigenvalue weighted by molar-refractivity contribution is -0.144. The van der Waals surface area contributed by atoms with Crippen LogP contribution in [0.2, 0.25) is 0 Å². The van der Waals surface area contributed by atoms with Crippen LogP contribution in [0.4, 0.5) is 19.0 Å². The first-order valence-electron chi connectivity index (χ1n) is 6.68. The largest absolute Gasteiger partial charge is 0.451 e. The van der Waals surface area contributed by atoms with Gasteiger partial charge in [-0.1, -0.05) is 11.6 Å². The van der Waals surface area contributed by atoms with Crippen LogP contribution in [0.15, 0.2) is 18.2 Å². The van der Waals surface area contributed by atoms with Gasteiger partial charge in [0.2, 0.25) is 12.2 Å². The molecule has 0 aliphatic rings. The van der Waals surface area contributed by atoms with Gasteiger partial charge in [0.15, 0.2) is 0 Å². The van der Waals surface area contributed by atoms with Crippen LogP contribution in [0.3, 0.4) is 0 Å². The standard InChI is InChI=1S/C14H15F3N4O/c1-9-3-4-11-10(7-9)12(19-6-2-5-18-8-22)21-13(20-11)14(15,16)17/h3-4,7-8H,2,5-6H2,1H3,(H,18,22)(H,19,20,21). The first-order chi connectivity index (χ1) is 10.4. The summed E-state index contributed by atoms with van der Waals surface area (Å²) in [6.45, 7) is 2.66. The number of carbonyl (C=O) groups is 1. The number of aryl methyl sites for hydroxylation is 1. The maximum Gasteiger partial charge on any atom is 0.451 e. The smallest absolute Gasteiger partial charge is 0.369 e. The van der Waals surface area contributed by atoms with E-state index < -0.39 is 12.0 Å². The van der Waals surface area contributed by atoms with E-state index in [2.05, 4.69) is 20.6 Å². The molecule has 2 aromatic rings. The Bertz CT molecular complexity index is 673. The number of carbonyl (C=O) groups excluding carboxylic acids is 1. The third kappa shape index (κ3) is 3.84. The molecule has 5 nitrogen and oxygen atoms in total. The number of hydrogen-bond acceptors (Lipinski definition) is 4. The molecule has 2 N–H and O–H groups in total.